The smallest absolute Gasteiger partial charge is 0.263 e. The summed E-state index contributed by atoms with van der Waals surface area (Å²) < 4.78 is 18.7. The van der Waals surface area contributed by atoms with Gasteiger partial charge in [-0.2, -0.15) is 0 Å². The van der Waals surface area contributed by atoms with Gasteiger partial charge >= 0.3 is 0 Å². The number of benzene rings is 1. The number of rotatable bonds is 6. The van der Waals surface area contributed by atoms with Gasteiger partial charge < -0.3 is 15.0 Å². The first-order valence-electron chi connectivity index (χ1n) is 9.52. The van der Waals surface area contributed by atoms with Crippen molar-refractivity contribution < 1.29 is 18.7 Å². The number of aryl methyl sites for hydroxylation is 1. The molecule has 0 spiro atoms. The molecule has 0 fully saturated rings. The number of anilines is 1. The van der Waals surface area contributed by atoms with Gasteiger partial charge in [0.2, 0.25) is 5.91 Å². The molecule has 1 aliphatic rings. The van der Waals surface area contributed by atoms with E-state index >= 15 is 0 Å². The average molecular weight is 405 g/mol. The van der Waals surface area contributed by atoms with Crippen LogP contribution in [0.2, 0.25) is 0 Å². The van der Waals surface area contributed by atoms with Crippen LogP contribution in [0.25, 0.3) is 0 Å². The van der Waals surface area contributed by atoms with Gasteiger partial charge in [-0.3, -0.25) is 9.59 Å². The Hall–Kier alpha value is -2.41. The van der Waals surface area contributed by atoms with Crippen molar-refractivity contribution in [3.8, 4) is 5.75 Å². The number of methoxy groups -OCH3 is 1. The summed E-state index contributed by atoms with van der Waals surface area (Å²) in [5, 5.41) is 2.79. The van der Waals surface area contributed by atoms with Gasteiger partial charge in [-0.15, -0.1) is 11.3 Å². The highest BCUT2D eigenvalue weighted by atomic mass is 32.1. The Morgan fingerprint density at radius 2 is 2.04 bits per heavy atom. The first-order chi connectivity index (χ1) is 13.5. The van der Waals surface area contributed by atoms with Gasteiger partial charge in [0.1, 0.15) is 0 Å². The molecule has 2 aromatic rings. The molecule has 1 aliphatic carbocycles. The minimum absolute atomic E-state index is 0.0547. The number of nitrogens with zero attached hydrogens (tertiary/aromatic N) is 1. The van der Waals surface area contributed by atoms with Gasteiger partial charge in [0.15, 0.2) is 11.6 Å². The Balaban J connectivity index is 1.68. The number of amides is 2. The lowest BCUT2D eigenvalue weighted by Gasteiger charge is -2.21. The summed E-state index contributed by atoms with van der Waals surface area (Å²) in [5.74, 6) is -0.631. The molecular formula is C21H25FN2O3S. The van der Waals surface area contributed by atoms with Crippen LogP contribution in [-0.4, -0.2) is 36.9 Å². The maximum atomic E-state index is 13.8. The minimum Gasteiger partial charge on any atom is -0.494 e. The lowest BCUT2D eigenvalue weighted by molar-refractivity contribution is -0.120. The van der Waals surface area contributed by atoms with Crippen molar-refractivity contribution in [1.82, 2.24) is 4.90 Å². The largest absolute Gasteiger partial charge is 0.494 e. The summed E-state index contributed by atoms with van der Waals surface area (Å²) in [6, 6.07) is 6.32. The van der Waals surface area contributed by atoms with Crippen molar-refractivity contribution >= 4 is 28.8 Å². The van der Waals surface area contributed by atoms with Crippen molar-refractivity contribution in [2.45, 2.75) is 33.1 Å². The highest BCUT2D eigenvalue weighted by Gasteiger charge is 2.28. The van der Waals surface area contributed by atoms with Crippen LogP contribution >= 0.6 is 11.3 Å². The summed E-state index contributed by atoms with van der Waals surface area (Å²) in [4.78, 5) is 29.0. The van der Waals surface area contributed by atoms with Crippen molar-refractivity contribution in [3.05, 3.63) is 45.4 Å². The van der Waals surface area contributed by atoms with E-state index in [1.165, 1.54) is 35.5 Å². The Kier molecular flexibility index (Phi) is 6.34. The Morgan fingerprint density at radius 3 is 2.68 bits per heavy atom. The van der Waals surface area contributed by atoms with E-state index in [4.69, 9.17) is 4.74 Å². The molecule has 0 aliphatic heterocycles. The third-order valence-corrected chi connectivity index (χ3v) is 6.36. The monoisotopic (exact) mass is 404 g/mol. The van der Waals surface area contributed by atoms with Crippen LogP contribution in [0.15, 0.2) is 24.3 Å². The molecule has 1 N–H and O–H groups in total. The van der Waals surface area contributed by atoms with E-state index in [-0.39, 0.29) is 23.5 Å². The summed E-state index contributed by atoms with van der Waals surface area (Å²) in [6.07, 6.45) is 2.10. The highest BCUT2D eigenvalue weighted by Crippen LogP contribution is 2.33. The van der Waals surface area contributed by atoms with Crippen molar-refractivity contribution in [2.75, 3.05) is 25.5 Å². The number of thiophene rings is 1. The average Bonchev–Trinajstić information content (AvgIpc) is 3.12. The van der Waals surface area contributed by atoms with Gasteiger partial charge in [0, 0.05) is 35.6 Å². The molecule has 0 radical (unpaired) electrons. The van der Waals surface area contributed by atoms with Gasteiger partial charge in [-0.1, -0.05) is 0 Å². The van der Waals surface area contributed by atoms with Crippen LogP contribution in [0.1, 0.15) is 40.4 Å². The van der Waals surface area contributed by atoms with Crippen LogP contribution in [0, 0.1) is 11.7 Å². The number of halogens is 1. The van der Waals surface area contributed by atoms with Gasteiger partial charge in [-0.05, 0) is 56.9 Å². The van der Waals surface area contributed by atoms with E-state index in [0.717, 1.165) is 23.3 Å². The summed E-state index contributed by atoms with van der Waals surface area (Å²) >= 11 is 1.54. The first kappa shape index (κ1) is 20.3. The molecule has 1 atom stereocenters. The zero-order valence-electron chi connectivity index (χ0n) is 16.4. The quantitative estimate of drug-likeness (QED) is 0.788. The fraction of sp³-hybridized carbons (Fsp3) is 0.429. The first-order valence-corrected chi connectivity index (χ1v) is 10.3. The van der Waals surface area contributed by atoms with Crippen molar-refractivity contribution in [3.63, 3.8) is 0 Å². The number of hydrogen-bond acceptors (Lipinski definition) is 4. The van der Waals surface area contributed by atoms with Crippen LogP contribution < -0.4 is 10.1 Å². The summed E-state index contributed by atoms with van der Waals surface area (Å²) in [6.45, 7) is 5.30. The topological polar surface area (TPSA) is 58.6 Å². The van der Waals surface area contributed by atoms with Crippen molar-refractivity contribution in [1.29, 1.82) is 0 Å². The molecule has 5 nitrogen and oxygen atoms in total. The summed E-state index contributed by atoms with van der Waals surface area (Å²) in [7, 11) is 1.40. The third-order valence-electron chi connectivity index (χ3n) is 5.13. The van der Waals surface area contributed by atoms with E-state index in [1.54, 1.807) is 11.0 Å². The molecule has 1 aromatic heterocycles. The van der Waals surface area contributed by atoms with E-state index in [1.807, 2.05) is 19.9 Å². The normalized spacial score (nSPS) is 15.6. The standard InChI is InChI=1S/C21H25FN2O3S/c1-4-24(5-2)21(26)19-11-14-10-13(6-9-18(14)28-19)20(25)23-15-7-8-17(27-3)16(22)12-15/h7-8,11-13H,4-6,9-10H2,1-3H3,(H,23,25)/t13-/m0/s1. The van der Waals surface area contributed by atoms with Gasteiger partial charge in [0.25, 0.3) is 5.91 Å². The Morgan fingerprint density at radius 1 is 1.29 bits per heavy atom. The number of ether oxygens (including phenoxy) is 1. The maximum absolute atomic E-state index is 13.8. The minimum atomic E-state index is -0.511. The van der Waals surface area contributed by atoms with Gasteiger partial charge in [-0.25, -0.2) is 4.39 Å². The molecule has 0 saturated carbocycles. The second-order valence-corrected chi connectivity index (χ2v) is 7.95. The zero-order chi connectivity index (χ0) is 20.3. The van der Waals surface area contributed by atoms with Crippen LogP contribution in [-0.2, 0) is 17.6 Å². The molecule has 0 unspecified atom stereocenters. The van der Waals surface area contributed by atoms with Gasteiger partial charge in [0.05, 0.1) is 12.0 Å². The van der Waals surface area contributed by atoms with Crippen LogP contribution in [0.4, 0.5) is 10.1 Å². The number of hydrogen-bond donors (Lipinski definition) is 1. The van der Waals surface area contributed by atoms with E-state index in [0.29, 0.717) is 25.2 Å². The van der Waals surface area contributed by atoms with E-state index < -0.39 is 5.82 Å². The lowest BCUT2D eigenvalue weighted by Crippen LogP contribution is -2.29. The van der Waals surface area contributed by atoms with Crippen LogP contribution in [0.5, 0.6) is 5.75 Å². The highest BCUT2D eigenvalue weighted by molar-refractivity contribution is 7.14. The fourth-order valence-corrected chi connectivity index (χ4v) is 4.68. The Bertz CT molecular complexity index is 877. The zero-order valence-corrected chi connectivity index (χ0v) is 17.2. The molecule has 28 heavy (non-hydrogen) atoms. The van der Waals surface area contributed by atoms with E-state index in [9.17, 15) is 14.0 Å². The molecule has 150 valence electrons. The number of fused-ring (bicyclic) bond motifs is 1. The third kappa shape index (κ3) is 4.19. The second kappa shape index (κ2) is 8.73. The fourth-order valence-electron chi connectivity index (χ4n) is 3.51. The molecule has 1 aromatic carbocycles. The predicted molar refractivity (Wildman–Crippen MR) is 109 cm³/mol. The summed E-state index contributed by atoms with van der Waals surface area (Å²) in [5.41, 5.74) is 1.49. The predicted octanol–water partition coefficient (Wildman–Crippen LogP) is 4.12. The lowest BCUT2D eigenvalue weighted by atomic mass is 9.87. The number of carbonyl (C=O) groups is 2. The van der Waals surface area contributed by atoms with Crippen molar-refractivity contribution in [2.24, 2.45) is 5.92 Å². The Labute approximate surface area is 168 Å². The number of carbonyl (C=O) groups excluding carboxylic acids is 2. The molecule has 0 saturated heterocycles. The van der Waals surface area contributed by atoms with E-state index in [2.05, 4.69) is 5.32 Å². The van der Waals surface area contributed by atoms with Crippen LogP contribution in [0.3, 0.4) is 0 Å². The molecule has 7 heteroatoms. The second-order valence-electron chi connectivity index (χ2n) is 6.81. The molecule has 1 heterocycles. The SMILES string of the molecule is CCN(CC)C(=O)c1cc2c(s1)CC[C@H](C(=O)Nc1ccc(OC)c(F)c1)C2. The molecule has 2 amide bonds. The maximum Gasteiger partial charge on any atom is 0.263 e. The molecule has 3 rings (SSSR count). The molecule has 0 bridgehead atoms. The number of nitrogens with one attached hydrogen (secondary N) is 1. The molecular weight excluding hydrogens is 379 g/mol.